The van der Waals surface area contributed by atoms with Gasteiger partial charge in [-0.3, -0.25) is 4.79 Å². The molecule has 0 radical (unpaired) electrons. The Morgan fingerprint density at radius 2 is 2.16 bits per heavy atom. The number of hydrogen-bond acceptors (Lipinski definition) is 5. The highest BCUT2D eigenvalue weighted by Crippen LogP contribution is 2.09. The van der Waals surface area contributed by atoms with Crippen LogP contribution in [0.5, 0.6) is 0 Å². The summed E-state index contributed by atoms with van der Waals surface area (Å²) in [6.07, 6.45) is 0.455. The van der Waals surface area contributed by atoms with Crippen LogP contribution in [0, 0.1) is 13.8 Å². The Labute approximate surface area is 113 Å². The number of rotatable bonds is 6. The molecule has 1 aromatic heterocycles. The second-order valence-electron chi connectivity index (χ2n) is 4.91. The van der Waals surface area contributed by atoms with Gasteiger partial charge in [0.05, 0.1) is 22.6 Å². The first-order chi connectivity index (χ1) is 8.85. The summed E-state index contributed by atoms with van der Waals surface area (Å²) in [5.41, 5.74) is 0.742. The van der Waals surface area contributed by atoms with Crippen molar-refractivity contribution in [3.8, 4) is 0 Å². The van der Waals surface area contributed by atoms with E-state index in [1.807, 2.05) is 0 Å². The highest BCUT2D eigenvalue weighted by atomic mass is 16.5. The van der Waals surface area contributed by atoms with Crippen LogP contribution < -0.4 is 5.32 Å². The summed E-state index contributed by atoms with van der Waals surface area (Å²) in [5, 5.41) is 20.5. The van der Waals surface area contributed by atoms with Gasteiger partial charge in [0.1, 0.15) is 0 Å². The number of amides is 1. The van der Waals surface area contributed by atoms with Gasteiger partial charge in [0, 0.05) is 26.7 Å². The van der Waals surface area contributed by atoms with Gasteiger partial charge in [-0.25, -0.2) is 0 Å². The van der Waals surface area contributed by atoms with Crippen LogP contribution in [0.4, 0.5) is 0 Å². The lowest BCUT2D eigenvalue weighted by atomic mass is 10.0. The molecular weight excluding hydrogens is 246 g/mol. The van der Waals surface area contributed by atoms with E-state index >= 15 is 0 Å². The molecule has 1 heterocycles. The molecule has 0 fully saturated rings. The molecule has 0 aliphatic heterocycles. The van der Waals surface area contributed by atoms with Crippen LogP contribution in [-0.4, -0.2) is 47.1 Å². The van der Waals surface area contributed by atoms with Crippen molar-refractivity contribution in [1.82, 2.24) is 15.5 Å². The van der Waals surface area contributed by atoms with E-state index < -0.39 is 5.60 Å². The van der Waals surface area contributed by atoms with Crippen molar-refractivity contribution >= 4 is 5.91 Å². The van der Waals surface area contributed by atoms with Gasteiger partial charge in [0.25, 0.3) is 5.91 Å². The highest BCUT2D eigenvalue weighted by molar-refractivity contribution is 5.95. The van der Waals surface area contributed by atoms with Gasteiger partial charge in [-0.05, 0) is 26.8 Å². The minimum absolute atomic E-state index is 0.163. The molecule has 1 atom stereocenters. The van der Waals surface area contributed by atoms with Crippen molar-refractivity contribution in [3.63, 3.8) is 0 Å². The largest absolute Gasteiger partial charge is 0.388 e. The van der Waals surface area contributed by atoms with E-state index in [0.29, 0.717) is 30.0 Å². The van der Waals surface area contributed by atoms with Crippen LogP contribution in [0.2, 0.25) is 0 Å². The topological polar surface area (TPSA) is 84.3 Å². The van der Waals surface area contributed by atoms with Crippen molar-refractivity contribution in [1.29, 1.82) is 0 Å². The lowest BCUT2D eigenvalue weighted by molar-refractivity contribution is 0.0243. The second-order valence-corrected chi connectivity index (χ2v) is 4.91. The molecular formula is C13H21N3O3. The third-order valence-electron chi connectivity index (χ3n) is 2.82. The molecule has 1 aromatic rings. The summed E-state index contributed by atoms with van der Waals surface area (Å²) in [6.45, 7) is 5.77. The normalized spacial score (nSPS) is 13.9. The number of ether oxygens (including phenoxy) is 1. The number of carbonyl (C=O) groups is 1. The molecule has 6 nitrogen and oxygen atoms in total. The van der Waals surface area contributed by atoms with Crippen molar-refractivity contribution in [3.05, 3.63) is 23.0 Å². The summed E-state index contributed by atoms with van der Waals surface area (Å²) in [6, 6.07) is 1.68. The molecule has 0 aliphatic carbocycles. The van der Waals surface area contributed by atoms with Crippen LogP contribution in [0.3, 0.4) is 0 Å². The third kappa shape index (κ3) is 4.92. The Bertz CT molecular complexity index is 447. The van der Waals surface area contributed by atoms with E-state index in [4.69, 9.17) is 4.74 Å². The Morgan fingerprint density at radius 1 is 1.47 bits per heavy atom. The molecule has 1 amide bonds. The Kier molecular flexibility index (Phi) is 5.38. The number of aromatic nitrogens is 2. The van der Waals surface area contributed by atoms with E-state index in [1.165, 1.54) is 0 Å². The molecule has 0 aliphatic rings. The summed E-state index contributed by atoms with van der Waals surface area (Å²) in [5.74, 6) is -0.256. The Hall–Kier alpha value is -1.53. The zero-order valence-corrected chi connectivity index (χ0v) is 11.9. The van der Waals surface area contributed by atoms with Crippen LogP contribution in [-0.2, 0) is 4.74 Å². The zero-order chi connectivity index (χ0) is 14.5. The van der Waals surface area contributed by atoms with E-state index in [2.05, 4.69) is 15.5 Å². The molecule has 0 bridgehead atoms. The minimum atomic E-state index is -0.991. The summed E-state index contributed by atoms with van der Waals surface area (Å²) < 4.78 is 4.91. The average molecular weight is 267 g/mol. The predicted molar refractivity (Wildman–Crippen MR) is 71.0 cm³/mol. The molecule has 0 aromatic carbocycles. The number of nitrogens with zero attached hydrogens (tertiary/aromatic N) is 2. The number of nitrogens with one attached hydrogen (secondary N) is 1. The van der Waals surface area contributed by atoms with Crippen molar-refractivity contribution in [2.45, 2.75) is 32.8 Å². The fourth-order valence-corrected chi connectivity index (χ4v) is 1.56. The van der Waals surface area contributed by atoms with Crippen molar-refractivity contribution in [2.75, 3.05) is 20.3 Å². The summed E-state index contributed by atoms with van der Waals surface area (Å²) in [7, 11) is 1.57. The van der Waals surface area contributed by atoms with Gasteiger partial charge >= 0.3 is 0 Å². The van der Waals surface area contributed by atoms with Gasteiger partial charge < -0.3 is 15.2 Å². The number of aryl methyl sites for hydroxylation is 2. The fourth-order valence-electron chi connectivity index (χ4n) is 1.56. The van der Waals surface area contributed by atoms with Crippen LogP contribution in [0.25, 0.3) is 0 Å². The first-order valence-electron chi connectivity index (χ1n) is 6.16. The lowest BCUT2D eigenvalue weighted by Crippen LogP contribution is -2.41. The molecule has 1 unspecified atom stereocenters. The Balaban J connectivity index is 2.62. The maximum atomic E-state index is 12.0. The highest BCUT2D eigenvalue weighted by Gasteiger charge is 2.21. The number of hydrogen-bond donors (Lipinski definition) is 2. The zero-order valence-electron chi connectivity index (χ0n) is 11.9. The maximum Gasteiger partial charge on any atom is 0.253 e. The van der Waals surface area contributed by atoms with E-state index in [0.717, 1.165) is 0 Å². The van der Waals surface area contributed by atoms with Gasteiger partial charge in [0.2, 0.25) is 0 Å². The molecule has 19 heavy (non-hydrogen) atoms. The average Bonchev–Trinajstić information content (AvgIpc) is 2.36. The first-order valence-corrected chi connectivity index (χ1v) is 6.16. The van der Waals surface area contributed by atoms with Crippen LogP contribution >= 0.6 is 0 Å². The Morgan fingerprint density at radius 3 is 2.79 bits per heavy atom. The molecule has 0 spiro atoms. The van der Waals surface area contributed by atoms with E-state index in [1.54, 1.807) is 33.9 Å². The van der Waals surface area contributed by atoms with Gasteiger partial charge in [-0.2, -0.15) is 10.2 Å². The lowest BCUT2D eigenvalue weighted by Gasteiger charge is -2.23. The maximum absolute atomic E-state index is 12.0. The molecule has 106 valence electrons. The molecule has 6 heteroatoms. The van der Waals surface area contributed by atoms with Crippen molar-refractivity contribution < 1.29 is 14.6 Å². The standard InChI is InChI=1S/C13H21N3O3/c1-9-7-11(10(2)16-15-9)12(17)14-8-13(3,18)5-6-19-4/h7,18H,5-6,8H2,1-4H3,(H,14,17). The fraction of sp³-hybridized carbons (Fsp3) is 0.615. The smallest absolute Gasteiger partial charge is 0.253 e. The van der Waals surface area contributed by atoms with E-state index in [9.17, 15) is 9.90 Å². The number of methoxy groups -OCH3 is 1. The molecule has 0 saturated heterocycles. The van der Waals surface area contributed by atoms with Crippen LogP contribution in [0.15, 0.2) is 6.07 Å². The molecule has 2 N–H and O–H groups in total. The quantitative estimate of drug-likeness (QED) is 0.789. The molecule has 1 rings (SSSR count). The SMILES string of the molecule is COCCC(C)(O)CNC(=O)c1cc(C)nnc1C. The number of carbonyl (C=O) groups excluding carboxylic acids is 1. The first kappa shape index (κ1) is 15.5. The predicted octanol–water partition coefficient (Wildman–Crippen LogP) is 0.611. The summed E-state index contributed by atoms with van der Waals surface area (Å²) >= 11 is 0. The second kappa shape index (κ2) is 6.58. The van der Waals surface area contributed by atoms with Gasteiger partial charge in [-0.15, -0.1) is 0 Å². The number of aliphatic hydroxyl groups is 1. The minimum Gasteiger partial charge on any atom is -0.388 e. The molecule has 0 saturated carbocycles. The van der Waals surface area contributed by atoms with Crippen molar-refractivity contribution in [2.24, 2.45) is 0 Å². The monoisotopic (exact) mass is 267 g/mol. The third-order valence-corrected chi connectivity index (χ3v) is 2.82. The van der Waals surface area contributed by atoms with E-state index in [-0.39, 0.29) is 12.5 Å². The van der Waals surface area contributed by atoms with Gasteiger partial charge in [0.15, 0.2) is 0 Å². The van der Waals surface area contributed by atoms with Gasteiger partial charge in [-0.1, -0.05) is 0 Å². The summed E-state index contributed by atoms with van der Waals surface area (Å²) in [4.78, 5) is 12.0. The van der Waals surface area contributed by atoms with Crippen LogP contribution in [0.1, 0.15) is 35.1 Å².